The van der Waals surface area contributed by atoms with Gasteiger partial charge in [-0.05, 0) is 43.3 Å². The summed E-state index contributed by atoms with van der Waals surface area (Å²) >= 11 is 7.79. The topological polar surface area (TPSA) is 78.7 Å². The predicted octanol–water partition coefficient (Wildman–Crippen LogP) is 4.20. The Morgan fingerprint density at radius 2 is 1.71 bits per heavy atom. The van der Waals surface area contributed by atoms with E-state index in [4.69, 9.17) is 25.8 Å². The second-order valence-corrected chi connectivity index (χ2v) is 8.55. The van der Waals surface area contributed by atoms with Crippen LogP contribution in [0.2, 0.25) is 5.02 Å². The van der Waals surface area contributed by atoms with Crippen LogP contribution in [0.1, 0.15) is 6.92 Å². The summed E-state index contributed by atoms with van der Waals surface area (Å²) in [5.41, 5.74) is 1.60. The molecular formula is C24H29ClN4O4S. The first-order valence-corrected chi connectivity index (χ1v) is 12.3. The highest BCUT2D eigenvalue weighted by molar-refractivity contribution is 7.99. The quantitative estimate of drug-likeness (QED) is 0.323. The maximum Gasteiger partial charge on any atom is 0.233 e. The molecule has 1 aromatic heterocycles. The molecule has 34 heavy (non-hydrogen) atoms. The van der Waals surface area contributed by atoms with Crippen LogP contribution in [0, 0.1) is 0 Å². The third kappa shape index (κ3) is 6.73. The number of aromatic nitrogens is 3. The minimum Gasteiger partial charge on any atom is -0.494 e. The molecule has 0 spiro atoms. The third-order valence-corrected chi connectivity index (χ3v) is 6.21. The van der Waals surface area contributed by atoms with Crippen LogP contribution < -0.4 is 4.74 Å². The van der Waals surface area contributed by atoms with Crippen LogP contribution in [0.25, 0.3) is 17.1 Å². The van der Waals surface area contributed by atoms with Crippen LogP contribution in [0.3, 0.4) is 0 Å². The van der Waals surface area contributed by atoms with Crippen LogP contribution in [-0.4, -0.2) is 78.5 Å². The molecular weight excluding hydrogens is 476 g/mol. The van der Waals surface area contributed by atoms with Gasteiger partial charge in [-0.3, -0.25) is 9.36 Å². The van der Waals surface area contributed by atoms with E-state index in [1.165, 1.54) is 11.8 Å². The first-order chi connectivity index (χ1) is 16.6. The number of halogens is 1. The zero-order chi connectivity index (χ0) is 24.3. The molecule has 1 heterocycles. The van der Waals surface area contributed by atoms with Crippen LogP contribution in [-0.2, 0) is 14.3 Å². The monoisotopic (exact) mass is 504 g/mol. The summed E-state index contributed by atoms with van der Waals surface area (Å²) in [5, 5.41) is 9.96. The number of hydrogen-bond acceptors (Lipinski definition) is 7. The van der Waals surface area contributed by atoms with Crippen molar-refractivity contribution in [2.45, 2.75) is 12.1 Å². The van der Waals surface area contributed by atoms with Gasteiger partial charge in [-0.2, -0.15) is 0 Å². The van der Waals surface area contributed by atoms with E-state index in [1.54, 1.807) is 19.1 Å². The Hall–Kier alpha value is -2.59. The lowest BCUT2D eigenvalue weighted by Gasteiger charge is -2.21. The van der Waals surface area contributed by atoms with E-state index in [1.807, 2.05) is 60.0 Å². The molecule has 0 fully saturated rings. The molecule has 0 unspecified atom stereocenters. The molecule has 1 amide bonds. The van der Waals surface area contributed by atoms with Crippen molar-refractivity contribution in [3.05, 3.63) is 53.6 Å². The number of rotatable bonds is 13. The normalized spacial score (nSPS) is 10.9. The first-order valence-electron chi connectivity index (χ1n) is 10.9. The van der Waals surface area contributed by atoms with Crippen LogP contribution in [0.4, 0.5) is 0 Å². The summed E-state index contributed by atoms with van der Waals surface area (Å²) in [5.74, 6) is 1.54. The van der Waals surface area contributed by atoms with E-state index in [9.17, 15) is 4.79 Å². The van der Waals surface area contributed by atoms with Crippen molar-refractivity contribution in [2.75, 3.05) is 52.9 Å². The van der Waals surface area contributed by atoms with Crippen molar-refractivity contribution in [1.82, 2.24) is 19.7 Å². The van der Waals surface area contributed by atoms with Gasteiger partial charge in [0.15, 0.2) is 11.0 Å². The SMILES string of the molecule is CCOc1ccc(-n2c(SCC(=O)N(CCOC)CCOC)nnc2-c2ccccc2Cl)cc1. The minimum absolute atomic E-state index is 0.0281. The fourth-order valence-corrected chi connectivity index (χ4v) is 4.33. The zero-order valence-corrected chi connectivity index (χ0v) is 21.1. The molecule has 0 aliphatic heterocycles. The van der Waals surface area contributed by atoms with Gasteiger partial charge in [0.05, 0.1) is 30.6 Å². The van der Waals surface area contributed by atoms with E-state index in [0.29, 0.717) is 48.9 Å². The molecule has 3 aromatic rings. The van der Waals surface area contributed by atoms with Gasteiger partial charge in [0.1, 0.15) is 5.75 Å². The number of ether oxygens (including phenoxy) is 3. The molecule has 182 valence electrons. The number of carbonyl (C=O) groups is 1. The number of nitrogens with zero attached hydrogens (tertiary/aromatic N) is 4. The van der Waals surface area contributed by atoms with E-state index in [-0.39, 0.29) is 11.7 Å². The van der Waals surface area contributed by atoms with Crippen LogP contribution in [0.5, 0.6) is 5.75 Å². The molecule has 8 nitrogen and oxygen atoms in total. The number of benzene rings is 2. The van der Waals surface area contributed by atoms with Gasteiger partial charge in [-0.1, -0.05) is 35.5 Å². The summed E-state index contributed by atoms with van der Waals surface area (Å²) < 4.78 is 17.8. The largest absolute Gasteiger partial charge is 0.494 e. The summed E-state index contributed by atoms with van der Waals surface area (Å²) in [4.78, 5) is 14.7. The highest BCUT2D eigenvalue weighted by Crippen LogP contribution is 2.32. The lowest BCUT2D eigenvalue weighted by atomic mass is 10.2. The molecule has 0 saturated carbocycles. The summed E-state index contributed by atoms with van der Waals surface area (Å²) in [7, 11) is 3.23. The lowest BCUT2D eigenvalue weighted by molar-refractivity contribution is -0.129. The van der Waals surface area contributed by atoms with Crippen LogP contribution >= 0.6 is 23.4 Å². The van der Waals surface area contributed by atoms with Crippen molar-refractivity contribution < 1.29 is 19.0 Å². The maximum atomic E-state index is 12.9. The number of amides is 1. The Morgan fingerprint density at radius 1 is 1.03 bits per heavy atom. The lowest BCUT2D eigenvalue weighted by Crippen LogP contribution is -2.37. The van der Waals surface area contributed by atoms with Gasteiger partial charge in [-0.15, -0.1) is 10.2 Å². The van der Waals surface area contributed by atoms with Crippen molar-refractivity contribution in [1.29, 1.82) is 0 Å². The molecule has 3 rings (SSSR count). The molecule has 0 radical (unpaired) electrons. The average molecular weight is 505 g/mol. The number of hydrogen-bond donors (Lipinski definition) is 0. The average Bonchev–Trinajstić information content (AvgIpc) is 3.27. The van der Waals surface area contributed by atoms with Crippen LogP contribution in [0.15, 0.2) is 53.7 Å². The fourth-order valence-electron chi connectivity index (χ4n) is 3.25. The molecule has 0 bridgehead atoms. The number of carbonyl (C=O) groups excluding carboxylic acids is 1. The van der Waals surface area contributed by atoms with Crippen molar-refractivity contribution in [2.24, 2.45) is 0 Å². The van der Waals surface area contributed by atoms with Gasteiger partial charge < -0.3 is 19.1 Å². The second-order valence-electron chi connectivity index (χ2n) is 7.20. The Morgan fingerprint density at radius 3 is 2.32 bits per heavy atom. The van der Waals surface area contributed by atoms with Crippen molar-refractivity contribution in [3.8, 4) is 22.8 Å². The highest BCUT2D eigenvalue weighted by Gasteiger charge is 2.20. The zero-order valence-electron chi connectivity index (χ0n) is 19.6. The van der Waals surface area contributed by atoms with E-state index in [2.05, 4.69) is 10.2 Å². The summed E-state index contributed by atoms with van der Waals surface area (Å²) in [6, 6.07) is 15.1. The molecule has 0 saturated heterocycles. The number of thioether (sulfide) groups is 1. The smallest absolute Gasteiger partial charge is 0.233 e. The summed E-state index contributed by atoms with van der Waals surface area (Å²) in [6.45, 7) is 4.43. The Kier molecular flexibility index (Phi) is 10.2. The Bertz CT molecular complexity index is 1050. The highest BCUT2D eigenvalue weighted by atomic mass is 35.5. The van der Waals surface area contributed by atoms with Gasteiger partial charge in [0.25, 0.3) is 0 Å². The van der Waals surface area contributed by atoms with Gasteiger partial charge in [-0.25, -0.2) is 0 Å². The van der Waals surface area contributed by atoms with Gasteiger partial charge >= 0.3 is 0 Å². The first kappa shape index (κ1) is 26.0. The molecule has 0 aliphatic rings. The van der Waals surface area contributed by atoms with Gasteiger partial charge in [0.2, 0.25) is 5.91 Å². The van der Waals surface area contributed by atoms with E-state index in [0.717, 1.165) is 17.0 Å². The van der Waals surface area contributed by atoms with Gasteiger partial charge in [0, 0.05) is 38.6 Å². The molecule has 2 aromatic carbocycles. The van der Waals surface area contributed by atoms with Crippen molar-refractivity contribution in [3.63, 3.8) is 0 Å². The third-order valence-electron chi connectivity index (χ3n) is 4.96. The second kappa shape index (κ2) is 13.3. The number of methoxy groups -OCH3 is 2. The van der Waals surface area contributed by atoms with Crippen molar-refractivity contribution >= 4 is 29.3 Å². The van der Waals surface area contributed by atoms with E-state index < -0.39 is 0 Å². The summed E-state index contributed by atoms with van der Waals surface area (Å²) in [6.07, 6.45) is 0. The minimum atomic E-state index is -0.0281. The Labute approximate surface area is 209 Å². The maximum absolute atomic E-state index is 12.9. The molecule has 0 N–H and O–H groups in total. The molecule has 0 atom stereocenters. The van der Waals surface area contributed by atoms with E-state index >= 15 is 0 Å². The molecule has 10 heteroatoms. The predicted molar refractivity (Wildman–Crippen MR) is 134 cm³/mol. The Balaban J connectivity index is 1.89. The molecule has 0 aliphatic carbocycles. The standard InChI is InChI=1S/C24H29ClN4O4S/c1-4-33-19-11-9-18(10-12-19)29-23(20-7-5-6-8-21(20)25)26-27-24(29)34-17-22(30)28(13-15-31-2)14-16-32-3/h5-12H,4,13-17H2,1-3H3. The fraction of sp³-hybridized carbons (Fsp3) is 0.375.